The quantitative estimate of drug-likeness (QED) is 0.677. The molecule has 2 aromatic carbocycles. The second kappa shape index (κ2) is 8.86. The van der Waals surface area contributed by atoms with E-state index >= 15 is 0 Å². The molecule has 2 aromatic rings. The fraction of sp³-hybridized carbons (Fsp3) is 0.429. The van der Waals surface area contributed by atoms with Crippen molar-refractivity contribution in [1.29, 1.82) is 0 Å². The van der Waals surface area contributed by atoms with Gasteiger partial charge in [0.25, 0.3) is 0 Å². The van der Waals surface area contributed by atoms with Crippen molar-refractivity contribution in [2.45, 2.75) is 58.3 Å². The summed E-state index contributed by atoms with van der Waals surface area (Å²) in [4.78, 5) is 0. The van der Waals surface area contributed by atoms with Crippen molar-refractivity contribution in [2.75, 3.05) is 0 Å². The van der Waals surface area contributed by atoms with Gasteiger partial charge in [0.05, 0.1) is 12.2 Å². The Bertz CT molecular complexity index is 629. The Morgan fingerprint density at radius 3 is 2.38 bits per heavy atom. The van der Waals surface area contributed by atoms with Gasteiger partial charge in [-0.2, -0.15) is 0 Å². The van der Waals surface area contributed by atoms with Crippen molar-refractivity contribution < 1.29 is 14.9 Å². The number of hydrogen-bond donors (Lipinski definition) is 2. The number of hydrogen-bond acceptors (Lipinski definition) is 3. The molecule has 0 spiro atoms. The zero-order valence-corrected chi connectivity index (χ0v) is 14.7. The van der Waals surface area contributed by atoms with Crippen LogP contribution in [-0.4, -0.2) is 15.8 Å². The molecule has 0 amide bonds. The Hall–Kier alpha value is -1.84. The van der Waals surface area contributed by atoms with Crippen molar-refractivity contribution in [2.24, 2.45) is 0 Å². The normalized spacial score (nSPS) is 11.5. The first-order valence-corrected chi connectivity index (χ1v) is 8.59. The highest BCUT2D eigenvalue weighted by Crippen LogP contribution is 2.19. The van der Waals surface area contributed by atoms with Crippen LogP contribution in [-0.2, 0) is 19.6 Å². The maximum atomic E-state index is 9.74. The molecule has 0 heterocycles. The molecule has 0 saturated carbocycles. The van der Waals surface area contributed by atoms with Crippen molar-refractivity contribution in [3.05, 3.63) is 65.2 Å². The van der Waals surface area contributed by atoms with E-state index in [-0.39, 0.29) is 6.61 Å². The molecule has 3 nitrogen and oxygen atoms in total. The maximum Gasteiger partial charge on any atom is 0.120 e. The van der Waals surface area contributed by atoms with Crippen LogP contribution in [0, 0.1) is 0 Å². The summed E-state index contributed by atoms with van der Waals surface area (Å²) >= 11 is 0. The summed E-state index contributed by atoms with van der Waals surface area (Å²) < 4.78 is 5.87. The van der Waals surface area contributed by atoms with E-state index in [1.165, 1.54) is 5.56 Å². The molecule has 0 unspecified atom stereocenters. The zero-order valence-electron chi connectivity index (χ0n) is 14.7. The molecule has 0 aliphatic carbocycles. The van der Waals surface area contributed by atoms with Gasteiger partial charge in [-0.25, -0.2) is 0 Å². The number of benzene rings is 2. The topological polar surface area (TPSA) is 49.7 Å². The monoisotopic (exact) mass is 328 g/mol. The third-order valence-electron chi connectivity index (χ3n) is 3.98. The Balaban J connectivity index is 1.83. The highest BCUT2D eigenvalue weighted by Gasteiger charge is 2.11. The summed E-state index contributed by atoms with van der Waals surface area (Å²) in [7, 11) is 0. The van der Waals surface area contributed by atoms with Gasteiger partial charge < -0.3 is 14.9 Å². The second-order valence-electron chi connectivity index (χ2n) is 6.93. The fourth-order valence-corrected chi connectivity index (χ4v) is 2.66. The van der Waals surface area contributed by atoms with Gasteiger partial charge in [0.1, 0.15) is 12.4 Å². The summed E-state index contributed by atoms with van der Waals surface area (Å²) in [5, 5.41) is 18.9. The van der Waals surface area contributed by atoms with Crippen molar-refractivity contribution in [3.63, 3.8) is 0 Å². The SMILES string of the molecule is CC(C)(O)CCCCc1cccc(OCc2cccc(CO)c2)c1. The predicted molar refractivity (Wildman–Crippen MR) is 97.0 cm³/mol. The average molecular weight is 328 g/mol. The van der Waals surface area contributed by atoms with Gasteiger partial charge in [0.2, 0.25) is 0 Å². The molecule has 3 heteroatoms. The lowest BCUT2D eigenvalue weighted by Crippen LogP contribution is -2.17. The Kier molecular flexibility index (Phi) is 6.83. The molecular weight excluding hydrogens is 300 g/mol. The average Bonchev–Trinajstić information content (AvgIpc) is 2.57. The Morgan fingerprint density at radius 2 is 1.62 bits per heavy atom. The summed E-state index contributed by atoms with van der Waals surface area (Å²) in [6.45, 7) is 4.25. The minimum atomic E-state index is -0.575. The van der Waals surface area contributed by atoms with Crippen molar-refractivity contribution in [1.82, 2.24) is 0 Å². The van der Waals surface area contributed by atoms with Crippen molar-refractivity contribution in [3.8, 4) is 5.75 Å². The summed E-state index contributed by atoms with van der Waals surface area (Å²) in [5.74, 6) is 0.865. The van der Waals surface area contributed by atoms with Crippen LogP contribution < -0.4 is 4.74 Å². The first-order valence-electron chi connectivity index (χ1n) is 8.59. The minimum absolute atomic E-state index is 0.0496. The van der Waals surface area contributed by atoms with E-state index < -0.39 is 5.60 Å². The molecule has 0 fully saturated rings. The standard InChI is InChI=1S/C21H28O3/c1-21(2,23)12-4-3-7-17-8-6-11-20(14-17)24-16-19-10-5-9-18(13-19)15-22/h5-6,8-11,13-14,22-23H,3-4,7,12,15-16H2,1-2H3. The molecule has 2 N–H and O–H groups in total. The molecule has 2 rings (SSSR count). The summed E-state index contributed by atoms with van der Waals surface area (Å²) in [6.07, 6.45) is 3.90. The van der Waals surface area contributed by atoms with Gasteiger partial charge in [0, 0.05) is 0 Å². The fourth-order valence-electron chi connectivity index (χ4n) is 2.66. The number of aliphatic hydroxyl groups is 2. The molecule has 0 atom stereocenters. The van der Waals surface area contributed by atoms with E-state index in [9.17, 15) is 10.2 Å². The van der Waals surface area contributed by atoms with E-state index in [4.69, 9.17) is 4.74 Å². The van der Waals surface area contributed by atoms with Gasteiger partial charge in [-0.3, -0.25) is 0 Å². The zero-order chi connectivity index (χ0) is 17.4. The smallest absolute Gasteiger partial charge is 0.120 e. The predicted octanol–water partition coefficient (Wildman–Crippen LogP) is 4.24. The van der Waals surface area contributed by atoms with Gasteiger partial charge in [0.15, 0.2) is 0 Å². The molecule has 0 radical (unpaired) electrons. The molecule has 24 heavy (non-hydrogen) atoms. The van der Waals surface area contributed by atoms with Crippen LogP contribution in [0.25, 0.3) is 0 Å². The highest BCUT2D eigenvalue weighted by atomic mass is 16.5. The maximum absolute atomic E-state index is 9.74. The number of ether oxygens (including phenoxy) is 1. The summed E-state index contributed by atoms with van der Waals surface area (Å²) in [6, 6.07) is 16.0. The molecule has 0 bridgehead atoms. The molecule has 0 aliphatic heterocycles. The largest absolute Gasteiger partial charge is 0.489 e. The molecular formula is C21H28O3. The molecule has 0 saturated heterocycles. The third kappa shape index (κ3) is 6.73. The first kappa shape index (κ1) is 18.5. The van der Waals surface area contributed by atoms with Crippen LogP contribution in [0.1, 0.15) is 49.8 Å². The Labute approximate surface area is 144 Å². The van der Waals surface area contributed by atoms with E-state index in [2.05, 4.69) is 12.1 Å². The van der Waals surface area contributed by atoms with E-state index in [1.54, 1.807) is 0 Å². The van der Waals surface area contributed by atoms with Crippen LogP contribution in [0.2, 0.25) is 0 Å². The van der Waals surface area contributed by atoms with Crippen LogP contribution in [0.5, 0.6) is 5.75 Å². The van der Waals surface area contributed by atoms with Gasteiger partial charge in [-0.1, -0.05) is 42.8 Å². The third-order valence-corrected chi connectivity index (χ3v) is 3.98. The Morgan fingerprint density at radius 1 is 0.917 bits per heavy atom. The van der Waals surface area contributed by atoms with Gasteiger partial charge >= 0.3 is 0 Å². The highest BCUT2D eigenvalue weighted by molar-refractivity contribution is 5.29. The van der Waals surface area contributed by atoms with E-state index in [0.717, 1.165) is 42.6 Å². The summed E-state index contributed by atoms with van der Waals surface area (Å²) in [5.41, 5.74) is 2.63. The number of rotatable bonds is 9. The second-order valence-corrected chi connectivity index (χ2v) is 6.93. The van der Waals surface area contributed by atoms with E-state index in [0.29, 0.717) is 6.61 Å². The van der Waals surface area contributed by atoms with Crippen LogP contribution in [0.4, 0.5) is 0 Å². The lowest BCUT2D eigenvalue weighted by Gasteiger charge is -2.16. The van der Waals surface area contributed by atoms with Crippen LogP contribution in [0.15, 0.2) is 48.5 Å². The number of aryl methyl sites for hydroxylation is 1. The number of unbranched alkanes of at least 4 members (excludes halogenated alkanes) is 1. The van der Waals surface area contributed by atoms with Crippen molar-refractivity contribution >= 4 is 0 Å². The lowest BCUT2D eigenvalue weighted by atomic mass is 9.99. The molecule has 130 valence electrons. The molecule has 0 aromatic heterocycles. The van der Waals surface area contributed by atoms with Gasteiger partial charge in [-0.15, -0.1) is 0 Å². The minimum Gasteiger partial charge on any atom is -0.489 e. The van der Waals surface area contributed by atoms with E-state index in [1.807, 2.05) is 50.2 Å². The van der Waals surface area contributed by atoms with Crippen LogP contribution >= 0.6 is 0 Å². The first-order chi connectivity index (χ1) is 11.5. The van der Waals surface area contributed by atoms with Crippen LogP contribution in [0.3, 0.4) is 0 Å². The molecule has 0 aliphatic rings. The lowest BCUT2D eigenvalue weighted by molar-refractivity contribution is 0.0682. The van der Waals surface area contributed by atoms with Gasteiger partial charge in [-0.05, 0) is 61.9 Å². The number of aliphatic hydroxyl groups excluding tert-OH is 1.